The van der Waals surface area contributed by atoms with E-state index in [-0.39, 0.29) is 70.5 Å². The lowest BCUT2D eigenvalue weighted by atomic mass is 9.82. The second kappa shape index (κ2) is 63.3. The van der Waals surface area contributed by atoms with Crippen molar-refractivity contribution in [2.75, 3.05) is 5.06 Å². The number of thiazole rings is 2. The van der Waals surface area contributed by atoms with E-state index in [0.29, 0.717) is 43.6 Å². The smallest absolute Gasteiger partial charge is 0.328 e. The maximum Gasteiger partial charge on any atom is 0.328 e. The van der Waals surface area contributed by atoms with Gasteiger partial charge < -0.3 is 60.9 Å². The Morgan fingerprint density at radius 1 is 0.537 bits per heavy atom. The van der Waals surface area contributed by atoms with Crippen LogP contribution in [0.3, 0.4) is 0 Å². The summed E-state index contributed by atoms with van der Waals surface area (Å²) in [7, 11) is -4.50. The number of aryl methyl sites for hydroxylation is 3. The molecule has 0 bridgehead atoms. The van der Waals surface area contributed by atoms with Crippen molar-refractivity contribution in [2.45, 2.75) is 231 Å². The molecule has 1 saturated heterocycles. The zero-order valence-corrected chi connectivity index (χ0v) is 88.0. The van der Waals surface area contributed by atoms with E-state index in [1.54, 1.807) is 130 Å². The maximum absolute atomic E-state index is 11.3. The number of piperidine rings is 1. The summed E-state index contributed by atoms with van der Waals surface area (Å²) in [5.74, 6) is -1.75. The molecule has 7 heterocycles. The molecule has 0 saturated carbocycles. The van der Waals surface area contributed by atoms with Gasteiger partial charge in [-0.25, -0.2) is 13.2 Å². The Kier molecular flexibility index (Phi) is 52.3. The Hall–Kier alpha value is -14.5. The number of amides is 3. The molecule has 149 heavy (non-hydrogen) atoms. The van der Waals surface area contributed by atoms with Gasteiger partial charge in [0.15, 0.2) is 0 Å². The van der Waals surface area contributed by atoms with Crippen molar-refractivity contribution in [3.05, 3.63) is 366 Å². The maximum atomic E-state index is 11.3. The van der Waals surface area contributed by atoms with E-state index in [1.165, 1.54) is 151 Å². The van der Waals surface area contributed by atoms with Gasteiger partial charge in [0.25, 0.3) is 17.4 Å². The molecule has 18 rings (SSSR count). The standard InChI is InChI=1S/C19H20N4O3S3.C18H34.C13H10S.C12H10O.C9H19NO.C8H5NO3.C8H9NO2.2C7H8O2.C6H5N3O.C4H3N3O4.CH4.H3N/c1-4-22-14-8-6-12(3)10-16(14)27-18(22)20-21-19-23(5-2)15-9-7-13(29(24,25)26)11-17(15)28-19;1-3-5-7-9-11-13-15-17-18-16-14-12-10-8-6-4-2;1-3-7-12-10(5-1)9-11-6-2-4-8-13(11)14-12;13-12-9-5-4-8-11(12)10-6-2-1-3-7-10;1-8(2)6-5-7-9(3,4)10(8)11;10-7-5-3-1-2-4-6(5)8(11)9(7)12;1-7(10)9(11)8-5-3-2-4-6-8;2*8-5-6-1-3-7(9)4-2-6;10-9-6-4-2-1-3-5(6)7-8-9;8-2-1(7-11)3(9)6-4(10)5-2;;/h6-11H,4-5H2,1-3H3,(H,24,25,26);11,13,17-18H,3-10,12,14-16H2,1-2H3;1-8H,9H2;1-9,13H;11H,5-7H2,1-4H3;1-4,12H;2-6,11H,1H3;2*1-4,8-9H,5H2;1-4,10H;(H3,5,6,8,9,10);1H4;1H3/p-1/b20-18-,21-19+;13-11-,18-17-;;;;;;;;;;;. The number of anilines is 1. The number of fused-ring (bicyclic) bond motifs is 6. The highest BCUT2D eigenvalue weighted by molar-refractivity contribution is 7.99. The number of aliphatic hydroxyl groups excluding tert-OH is 2. The Morgan fingerprint density at radius 2 is 0.987 bits per heavy atom. The van der Waals surface area contributed by atoms with Gasteiger partial charge in [0.2, 0.25) is 27.1 Å². The average molecular weight is 2110 g/mol. The van der Waals surface area contributed by atoms with Crippen LogP contribution < -0.4 is 32.1 Å². The van der Waals surface area contributed by atoms with Crippen molar-refractivity contribution in [2.24, 2.45) is 15.4 Å². The lowest BCUT2D eigenvalue weighted by Gasteiger charge is -2.48. The van der Waals surface area contributed by atoms with Gasteiger partial charge in [-0.05, 0) is 259 Å². The first-order valence-electron chi connectivity index (χ1n) is 48.1. The number of nitroso groups, excluding NO2 is 1. The number of phenolic OH excluding ortho intramolecular Hbond substituents is 3. The number of aromatic amines is 2. The number of aliphatic hydroxyl groups is 2. The van der Waals surface area contributed by atoms with Crippen molar-refractivity contribution < 1.29 is 78.8 Å². The van der Waals surface area contributed by atoms with E-state index in [4.69, 9.17) is 41.2 Å². The van der Waals surface area contributed by atoms with E-state index in [0.717, 1.165) is 79.9 Å². The Morgan fingerprint density at radius 3 is 1.46 bits per heavy atom. The molecule has 0 spiro atoms. The zero-order valence-electron chi connectivity index (χ0n) is 84.8. The summed E-state index contributed by atoms with van der Waals surface area (Å²) < 4.78 is 39.9. The van der Waals surface area contributed by atoms with Crippen LogP contribution in [0.4, 0.5) is 11.4 Å². The number of phenols is 3. The van der Waals surface area contributed by atoms with Gasteiger partial charge in [-0.3, -0.25) is 39.6 Å². The summed E-state index contributed by atoms with van der Waals surface area (Å²) in [4.78, 5) is 71.8. The van der Waals surface area contributed by atoms with Crippen LogP contribution in [-0.4, -0.2) is 138 Å². The first-order valence-corrected chi connectivity index (χ1v) is 52.0. The minimum Gasteiger partial charge on any atom is -0.744 e. The minimum atomic E-state index is -4.50. The van der Waals surface area contributed by atoms with Gasteiger partial charge in [-0.2, -0.15) is 10.1 Å². The number of nitrogens with zero attached hydrogens (tertiary/aromatic N) is 11. The van der Waals surface area contributed by atoms with E-state index in [1.807, 2.05) is 90.0 Å². The fourth-order valence-electron chi connectivity index (χ4n) is 15.0. The van der Waals surface area contributed by atoms with Gasteiger partial charge in [-0.1, -0.05) is 288 Å². The molecule has 1 fully saturated rings. The van der Waals surface area contributed by atoms with Gasteiger partial charge in [0.05, 0.1) is 55.4 Å². The van der Waals surface area contributed by atoms with Crippen molar-refractivity contribution >= 4 is 105 Å². The van der Waals surface area contributed by atoms with Gasteiger partial charge >= 0.3 is 5.69 Å². The summed E-state index contributed by atoms with van der Waals surface area (Å²) in [5, 5.41) is 110. The molecule has 3 aliphatic heterocycles. The summed E-state index contributed by atoms with van der Waals surface area (Å²) in [6.45, 7) is 21.8. The number of carbonyl (C=O) groups excluding carboxylic acids is 3. The lowest BCUT2D eigenvalue weighted by Crippen LogP contribution is -2.56. The molecule has 0 aliphatic carbocycles. The number of nitrogens with one attached hydrogen (secondary N) is 2. The fourth-order valence-corrected chi connectivity index (χ4v) is 18.9. The summed E-state index contributed by atoms with van der Waals surface area (Å²) in [6, 6.07) is 80.2. The molecular formula is C112H137N14O19S4-. The highest BCUT2D eigenvalue weighted by atomic mass is 32.2. The molecule has 3 aliphatic rings. The summed E-state index contributed by atoms with van der Waals surface area (Å²) >= 11 is 4.78. The van der Waals surface area contributed by atoms with E-state index in [2.05, 4.69) is 177 Å². The van der Waals surface area contributed by atoms with E-state index >= 15 is 0 Å². The Balaban J connectivity index is 0.000000255. The molecule has 0 radical (unpaired) electrons. The molecule has 794 valence electrons. The molecule has 0 atom stereocenters. The second-order valence-electron chi connectivity index (χ2n) is 34.9. The number of aromatic hydroxyl groups is 4. The Bertz CT molecular complexity index is 6990. The molecule has 4 aromatic heterocycles. The molecule has 15 aromatic rings. The van der Waals surface area contributed by atoms with E-state index < -0.39 is 50.7 Å². The van der Waals surface area contributed by atoms with Crippen LogP contribution in [0.5, 0.6) is 23.1 Å². The Labute approximate surface area is 880 Å². The molecule has 37 heteroatoms. The van der Waals surface area contributed by atoms with Crippen LogP contribution in [0, 0.1) is 11.8 Å². The fraction of sp³-hybridized carbons (Fsp3) is 0.295. The van der Waals surface area contributed by atoms with Crippen LogP contribution in [0.25, 0.3) is 42.6 Å². The van der Waals surface area contributed by atoms with Gasteiger partial charge in [0, 0.05) is 46.4 Å². The van der Waals surface area contributed by atoms with Crippen LogP contribution >= 0.6 is 34.4 Å². The van der Waals surface area contributed by atoms with Crippen LogP contribution in [0.15, 0.2) is 331 Å². The average Bonchev–Trinajstić information content (AvgIpc) is 1.69. The van der Waals surface area contributed by atoms with Crippen LogP contribution in [0.1, 0.15) is 215 Å². The first kappa shape index (κ1) is 123. The monoisotopic (exact) mass is 2110 g/mol. The molecule has 33 nitrogen and oxygen atoms in total. The SMILES string of the molecule is C.CC(=O)N(O)c1ccccc1.CC1(C)CCCC(C)(C)N1O.CCCCC/C=C\C/C=C\CCCCCCCC.CCn1/c(=N/N=c2/sc3cc(S(=O)(=O)[O-])ccc3n2CC)sc2cc(C)ccc21.N.O=C1c2ccccc2C(=O)N1O.O=Nc1c(O)[nH]c(=O)[nH]c1=O.OCc1ccc(O)cc1.OCc1ccc(O)cc1.Oc1ccccc1-c1ccccc1.On1nnc2ccccc21.c1ccc2c(c1)Cc1ccccc1S2. The number of hydrogen-bond donors (Lipinski definition) is 13. The van der Waals surface area contributed by atoms with Crippen LogP contribution in [-0.2, 0) is 47.6 Å². The molecule has 3 amide bonds. The normalized spacial score (nSPS) is 12.9. The predicted molar refractivity (Wildman–Crippen MR) is 588 cm³/mol. The highest BCUT2D eigenvalue weighted by Crippen LogP contribution is 2.40. The number of carbonyl (C=O) groups is 3. The largest absolute Gasteiger partial charge is 0.744 e. The number of hydroxylamine groups is 5. The predicted octanol–water partition coefficient (Wildman–Crippen LogP) is 23.9. The second-order valence-corrected chi connectivity index (χ2v) is 39.3. The van der Waals surface area contributed by atoms with Crippen LogP contribution in [0.2, 0.25) is 0 Å². The number of benzene rings is 11. The number of unbranched alkanes of at least 4 members (excludes halogenated alkanes) is 9. The highest BCUT2D eigenvalue weighted by Gasteiger charge is 2.40. The third-order valence-corrected chi connectivity index (χ3v) is 27.0. The van der Waals surface area contributed by atoms with Crippen molar-refractivity contribution in [3.63, 3.8) is 0 Å². The number of rotatable bonds is 22. The third kappa shape index (κ3) is 39.0. The van der Waals surface area contributed by atoms with E-state index in [9.17, 15) is 52.2 Å². The summed E-state index contributed by atoms with van der Waals surface area (Å²) in [5.41, 5.74) is 9.22. The minimum absolute atomic E-state index is 0. The molecule has 15 N–H and O–H groups in total. The number of hydrogen-bond acceptors (Lipinski definition) is 29. The van der Waals surface area contributed by atoms with Crippen molar-refractivity contribution in [1.29, 1.82) is 0 Å². The van der Waals surface area contributed by atoms with Gasteiger partial charge in [-0.15, -0.1) is 25.3 Å². The molecular weight excluding hydrogens is 1970 g/mol. The number of imide groups is 1. The number of aromatic nitrogens is 7. The quantitative estimate of drug-likeness (QED) is 0.00438. The zero-order chi connectivity index (χ0) is 107. The van der Waals surface area contributed by atoms with Crippen molar-refractivity contribution in [1.82, 2.24) is 50.5 Å². The summed E-state index contributed by atoms with van der Waals surface area (Å²) in [6.07, 6.45) is 29.9. The first-order chi connectivity index (χ1) is 70.5. The van der Waals surface area contributed by atoms with Crippen molar-refractivity contribution in [3.8, 4) is 34.3 Å². The third-order valence-electron chi connectivity index (χ3n) is 22.8. The number of H-pyrrole nitrogens is 2. The lowest BCUT2D eigenvalue weighted by molar-refractivity contribution is -0.241. The number of para-hydroxylation sites is 3. The molecule has 0 unspecified atom stereocenters. The number of allylic oxidation sites excluding steroid dienone is 4. The molecule has 11 aromatic carbocycles. The van der Waals surface area contributed by atoms with Gasteiger partial charge in [0.1, 0.15) is 38.4 Å². The topological polar surface area (TPSA) is 516 Å².